The van der Waals surface area contributed by atoms with E-state index in [9.17, 15) is 9.90 Å². The lowest BCUT2D eigenvalue weighted by molar-refractivity contribution is 0.0951. The minimum absolute atomic E-state index is 0.0649. The molecule has 0 bridgehead atoms. The Morgan fingerprint density at radius 1 is 1.53 bits per heavy atom. The highest BCUT2D eigenvalue weighted by atomic mass is 16.5. The molecular formula is C13H15NO3. The zero-order valence-corrected chi connectivity index (χ0v) is 9.91. The minimum Gasteiger partial charge on any atom is -0.507 e. The van der Waals surface area contributed by atoms with E-state index in [-0.39, 0.29) is 17.2 Å². The molecule has 4 nitrogen and oxygen atoms in total. The van der Waals surface area contributed by atoms with E-state index in [0.29, 0.717) is 18.7 Å². The van der Waals surface area contributed by atoms with E-state index in [1.807, 2.05) is 0 Å². The van der Waals surface area contributed by atoms with Crippen LogP contribution in [0.25, 0.3) is 0 Å². The molecule has 0 heterocycles. The van der Waals surface area contributed by atoms with Crippen molar-refractivity contribution in [1.82, 2.24) is 5.32 Å². The van der Waals surface area contributed by atoms with Crippen molar-refractivity contribution in [3.63, 3.8) is 0 Å². The van der Waals surface area contributed by atoms with Gasteiger partial charge in [0, 0.05) is 13.0 Å². The Kier molecular flexibility index (Phi) is 4.89. The zero-order chi connectivity index (χ0) is 12.7. The fraction of sp³-hybridized carbons (Fsp3) is 0.308. The number of ether oxygens (including phenoxy) is 1. The fourth-order valence-corrected chi connectivity index (χ4v) is 1.28. The third kappa shape index (κ3) is 3.72. The average Bonchev–Trinajstić information content (AvgIpc) is 2.35. The lowest BCUT2D eigenvalue weighted by atomic mass is 10.1. The van der Waals surface area contributed by atoms with Gasteiger partial charge in [-0.25, -0.2) is 0 Å². The lowest BCUT2D eigenvalue weighted by Crippen LogP contribution is -2.24. The molecule has 0 unspecified atom stereocenters. The van der Waals surface area contributed by atoms with Crippen LogP contribution in [-0.4, -0.2) is 24.7 Å². The van der Waals surface area contributed by atoms with Gasteiger partial charge in [-0.1, -0.05) is 0 Å². The van der Waals surface area contributed by atoms with E-state index >= 15 is 0 Å². The van der Waals surface area contributed by atoms with Crippen LogP contribution in [0.5, 0.6) is 11.5 Å². The van der Waals surface area contributed by atoms with Gasteiger partial charge in [-0.15, -0.1) is 11.8 Å². The molecule has 0 spiro atoms. The molecule has 2 N–H and O–H groups in total. The molecular weight excluding hydrogens is 218 g/mol. The molecule has 1 aromatic carbocycles. The van der Waals surface area contributed by atoms with Crippen molar-refractivity contribution in [2.24, 2.45) is 0 Å². The third-order valence-corrected chi connectivity index (χ3v) is 2.16. The maximum absolute atomic E-state index is 11.7. The largest absolute Gasteiger partial charge is 0.507 e. The molecule has 0 aliphatic carbocycles. The maximum Gasteiger partial charge on any atom is 0.255 e. The van der Waals surface area contributed by atoms with Gasteiger partial charge in [-0.3, -0.25) is 4.79 Å². The molecule has 0 saturated carbocycles. The van der Waals surface area contributed by atoms with Crippen LogP contribution >= 0.6 is 0 Å². The molecule has 0 atom stereocenters. The van der Waals surface area contributed by atoms with Crippen molar-refractivity contribution in [2.45, 2.75) is 13.3 Å². The summed E-state index contributed by atoms with van der Waals surface area (Å²) in [5.74, 6) is 5.71. The van der Waals surface area contributed by atoms with Gasteiger partial charge in [-0.05, 0) is 25.1 Å². The van der Waals surface area contributed by atoms with E-state index < -0.39 is 0 Å². The van der Waals surface area contributed by atoms with Crippen LogP contribution in [0.1, 0.15) is 23.7 Å². The summed E-state index contributed by atoms with van der Waals surface area (Å²) >= 11 is 0. The molecule has 0 aliphatic heterocycles. The van der Waals surface area contributed by atoms with E-state index in [0.717, 1.165) is 0 Å². The first-order valence-corrected chi connectivity index (χ1v) is 5.24. The van der Waals surface area contributed by atoms with Crippen molar-refractivity contribution in [3.05, 3.63) is 23.8 Å². The van der Waals surface area contributed by atoms with Gasteiger partial charge in [0.2, 0.25) is 0 Å². The Balaban J connectivity index is 2.69. The summed E-state index contributed by atoms with van der Waals surface area (Å²) in [6, 6.07) is 4.52. The number of aromatic hydroxyl groups is 1. The summed E-state index contributed by atoms with van der Waals surface area (Å²) in [7, 11) is 1.50. The van der Waals surface area contributed by atoms with Crippen LogP contribution in [0, 0.1) is 11.8 Å². The normalized spacial score (nSPS) is 9.06. The number of methoxy groups -OCH3 is 1. The van der Waals surface area contributed by atoms with Crippen LogP contribution in [0.2, 0.25) is 0 Å². The van der Waals surface area contributed by atoms with Crippen LogP contribution in [0.4, 0.5) is 0 Å². The molecule has 0 aliphatic rings. The molecule has 17 heavy (non-hydrogen) atoms. The number of carbonyl (C=O) groups is 1. The molecule has 0 radical (unpaired) electrons. The lowest BCUT2D eigenvalue weighted by Gasteiger charge is -2.07. The smallest absolute Gasteiger partial charge is 0.255 e. The second-order valence-corrected chi connectivity index (χ2v) is 3.32. The minimum atomic E-state index is -0.334. The first kappa shape index (κ1) is 12.9. The van der Waals surface area contributed by atoms with Crippen LogP contribution < -0.4 is 10.1 Å². The number of benzene rings is 1. The molecule has 0 aromatic heterocycles. The number of phenols is 1. The summed E-state index contributed by atoms with van der Waals surface area (Å²) in [5, 5.41) is 12.2. The average molecular weight is 233 g/mol. The molecule has 1 rings (SSSR count). The quantitative estimate of drug-likeness (QED) is 0.612. The van der Waals surface area contributed by atoms with Crippen molar-refractivity contribution in [1.29, 1.82) is 0 Å². The first-order chi connectivity index (χ1) is 8.19. The Bertz CT molecular complexity index is 457. The Morgan fingerprint density at radius 2 is 2.29 bits per heavy atom. The Labute approximate surface area is 101 Å². The summed E-state index contributed by atoms with van der Waals surface area (Å²) in [4.78, 5) is 11.7. The monoisotopic (exact) mass is 233 g/mol. The van der Waals surface area contributed by atoms with E-state index in [4.69, 9.17) is 4.74 Å². The molecule has 1 amide bonds. The van der Waals surface area contributed by atoms with E-state index in [1.165, 1.54) is 19.2 Å². The van der Waals surface area contributed by atoms with Gasteiger partial charge in [0.25, 0.3) is 5.91 Å². The van der Waals surface area contributed by atoms with Crippen LogP contribution in [0.15, 0.2) is 18.2 Å². The number of hydrogen-bond acceptors (Lipinski definition) is 3. The number of phenolic OH excluding ortho intramolecular Hbond substituents is 1. The van der Waals surface area contributed by atoms with Crippen molar-refractivity contribution < 1.29 is 14.6 Å². The van der Waals surface area contributed by atoms with Gasteiger partial charge in [0.05, 0.1) is 12.7 Å². The Hall–Kier alpha value is -2.15. The summed E-state index contributed by atoms with van der Waals surface area (Å²) in [6.45, 7) is 2.20. The molecule has 0 fully saturated rings. The number of amides is 1. The summed E-state index contributed by atoms with van der Waals surface area (Å²) < 4.78 is 4.99. The highest BCUT2D eigenvalue weighted by Gasteiger charge is 2.11. The predicted octanol–water partition coefficient (Wildman–Crippen LogP) is 1.54. The van der Waals surface area contributed by atoms with Gasteiger partial charge in [0.15, 0.2) is 0 Å². The molecule has 1 aromatic rings. The predicted molar refractivity (Wildman–Crippen MR) is 65.1 cm³/mol. The number of carbonyl (C=O) groups excluding carboxylic acids is 1. The first-order valence-electron chi connectivity index (χ1n) is 5.24. The zero-order valence-electron chi connectivity index (χ0n) is 9.91. The SMILES string of the molecule is CC#CCCNC(=O)c1cc(OC)ccc1O. The third-order valence-electron chi connectivity index (χ3n) is 2.16. The molecule has 90 valence electrons. The second-order valence-electron chi connectivity index (χ2n) is 3.32. The van der Waals surface area contributed by atoms with E-state index in [2.05, 4.69) is 17.2 Å². The highest BCUT2D eigenvalue weighted by molar-refractivity contribution is 5.97. The van der Waals surface area contributed by atoms with Crippen molar-refractivity contribution in [2.75, 3.05) is 13.7 Å². The van der Waals surface area contributed by atoms with Crippen LogP contribution in [-0.2, 0) is 0 Å². The summed E-state index contributed by atoms with van der Waals surface area (Å²) in [5.41, 5.74) is 0.203. The molecule has 4 heteroatoms. The molecule has 0 saturated heterocycles. The topological polar surface area (TPSA) is 58.6 Å². The summed E-state index contributed by atoms with van der Waals surface area (Å²) in [6.07, 6.45) is 0.590. The van der Waals surface area contributed by atoms with Crippen LogP contribution in [0.3, 0.4) is 0 Å². The highest BCUT2D eigenvalue weighted by Crippen LogP contribution is 2.22. The number of hydrogen-bond donors (Lipinski definition) is 2. The van der Waals surface area contributed by atoms with Gasteiger partial charge < -0.3 is 15.2 Å². The standard InChI is InChI=1S/C13H15NO3/c1-3-4-5-8-14-13(16)11-9-10(17-2)6-7-12(11)15/h6-7,9,15H,5,8H2,1-2H3,(H,14,16). The van der Waals surface area contributed by atoms with Crippen molar-refractivity contribution >= 4 is 5.91 Å². The van der Waals surface area contributed by atoms with E-state index in [1.54, 1.807) is 13.0 Å². The number of nitrogens with one attached hydrogen (secondary N) is 1. The van der Waals surface area contributed by atoms with Gasteiger partial charge >= 0.3 is 0 Å². The van der Waals surface area contributed by atoms with Gasteiger partial charge in [0.1, 0.15) is 11.5 Å². The van der Waals surface area contributed by atoms with Crippen molar-refractivity contribution in [3.8, 4) is 23.3 Å². The van der Waals surface area contributed by atoms with Gasteiger partial charge in [-0.2, -0.15) is 0 Å². The second kappa shape index (κ2) is 6.44. The number of rotatable bonds is 4. The Morgan fingerprint density at radius 3 is 2.94 bits per heavy atom. The fourth-order valence-electron chi connectivity index (χ4n) is 1.28. The maximum atomic E-state index is 11.7.